The van der Waals surface area contributed by atoms with E-state index in [1.807, 2.05) is 18.7 Å². The fourth-order valence-electron chi connectivity index (χ4n) is 1.74. The molecule has 4 heteroatoms. The molecule has 1 rings (SSSR count). The summed E-state index contributed by atoms with van der Waals surface area (Å²) in [6.45, 7) is 5.49. The van der Waals surface area contributed by atoms with E-state index < -0.39 is 0 Å². The van der Waals surface area contributed by atoms with Gasteiger partial charge in [-0.3, -0.25) is 4.79 Å². The molecule has 1 fully saturated rings. The zero-order valence-corrected chi connectivity index (χ0v) is 9.64. The first kappa shape index (κ1) is 11.4. The minimum atomic E-state index is 0.124. The van der Waals surface area contributed by atoms with Crippen molar-refractivity contribution in [2.45, 2.75) is 26.7 Å². The Balaban J connectivity index is 2.51. The average molecular weight is 214 g/mol. The van der Waals surface area contributed by atoms with Gasteiger partial charge in [-0.25, -0.2) is 0 Å². The first-order valence-electron chi connectivity index (χ1n) is 5.10. The molecule has 0 radical (unpaired) electrons. The third kappa shape index (κ3) is 2.67. The molecule has 3 nitrogen and oxygen atoms in total. The van der Waals surface area contributed by atoms with Crippen molar-refractivity contribution in [3.05, 3.63) is 0 Å². The summed E-state index contributed by atoms with van der Waals surface area (Å²) in [6.07, 6.45) is 2.10. The van der Waals surface area contributed by atoms with E-state index in [1.165, 1.54) is 0 Å². The number of hydrogen-bond donors (Lipinski definition) is 1. The van der Waals surface area contributed by atoms with Crippen molar-refractivity contribution in [2.24, 2.45) is 17.6 Å². The quantitative estimate of drug-likeness (QED) is 0.717. The van der Waals surface area contributed by atoms with Crippen molar-refractivity contribution in [3.8, 4) is 0 Å². The van der Waals surface area contributed by atoms with Gasteiger partial charge in [-0.2, -0.15) is 0 Å². The van der Waals surface area contributed by atoms with E-state index in [-0.39, 0.29) is 17.7 Å². The molecule has 2 unspecified atom stereocenters. The number of amides is 1. The second-order valence-electron chi connectivity index (χ2n) is 4.13. The van der Waals surface area contributed by atoms with Crippen LogP contribution in [-0.4, -0.2) is 28.9 Å². The van der Waals surface area contributed by atoms with Crippen LogP contribution in [0.1, 0.15) is 26.7 Å². The van der Waals surface area contributed by atoms with Gasteiger partial charge in [-0.1, -0.05) is 26.1 Å². The topological polar surface area (TPSA) is 46.3 Å². The molecule has 0 spiro atoms. The van der Waals surface area contributed by atoms with Crippen LogP contribution in [0, 0.1) is 11.8 Å². The van der Waals surface area contributed by atoms with E-state index >= 15 is 0 Å². The molecule has 2 atom stereocenters. The lowest BCUT2D eigenvalue weighted by atomic mass is 9.98. The summed E-state index contributed by atoms with van der Waals surface area (Å²) in [4.78, 5) is 14.1. The van der Waals surface area contributed by atoms with Crippen LogP contribution in [0.4, 0.5) is 0 Å². The first-order valence-corrected chi connectivity index (χ1v) is 5.51. The Labute approximate surface area is 90.6 Å². The zero-order chi connectivity index (χ0) is 10.7. The second-order valence-corrected chi connectivity index (χ2v) is 4.60. The minimum Gasteiger partial charge on any atom is -0.393 e. The van der Waals surface area contributed by atoms with E-state index in [4.69, 9.17) is 18.0 Å². The molecular formula is C10H18N2OS. The standard InChI is InChI=1S/C10H18N2OS/c1-7-4-3-5-12(10(7)13)6-8(2)9(11)14/h7-8H,3-6H2,1-2H3,(H2,11,14). The number of piperidine rings is 1. The SMILES string of the molecule is CC1CCCN(CC(C)C(N)=S)C1=O. The largest absolute Gasteiger partial charge is 0.393 e. The van der Waals surface area contributed by atoms with Crippen LogP contribution in [-0.2, 0) is 4.79 Å². The van der Waals surface area contributed by atoms with Gasteiger partial charge in [0.1, 0.15) is 0 Å². The molecule has 0 aromatic rings. The lowest BCUT2D eigenvalue weighted by Gasteiger charge is -2.32. The average Bonchev–Trinajstić information content (AvgIpc) is 2.12. The van der Waals surface area contributed by atoms with Crippen LogP contribution in [0.15, 0.2) is 0 Å². The van der Waals surface area contributed by atoms with Gasteiger partial charge in [0.25, 0.3) is 0 Å². The van der Waals surface area contributed by atoms with Gasteiger partial charge >= 0.3 is 0 Å². The number of carbonyl (C=O) groups excluding carboxylic acids is 1. The maximum atomic E-state index is 11.7. The van der Waals surface area contributed by atoms with Crippen molar-refractivity contribution < 1.29 is 4.79 Å². The van der Waals surface area contributed by atoms with Crippen molar-refractivity contribution in [2.75, 3.05) is 13.1 Å². The van der Waals surface area contributed by atoms with Gasteiger partial charge in [0.05, 0.1) is 4.99 Å². The highest BCUT2D eigenvalue weighted by Gasteiger charge is 2.26. The first-order chi connectivity index (χ1) is 6.52. The van der Waals surface area contributed by atoms with Crippen molar-refractivity contribution in [3.63, 3.8) is 0 Å². The maximum Gasteiger partial charge on any atom is 0.225 e. The van der Waals surface area contributed by atoms with E-state index in [2.05, 4.69) is 0 Å². The fraction of sp³-hybridized carbons (Fsp3) is 0.800. The summed E-state index contributed by atoms with van der Waals surface area (Å²) in [5.41, 5.74) is 5.53. The molecule has 2 N–H and O–H groups in total. The number of nitrogens with zero attached hydrogens (tertiary/aromatic N) is 1. The van der Waals surface area contributed by atoms with E-state index in [9.17, 15) is 4.79 Å². The number of nitrogens with two attached hydrogens (primary N) is 1. The molecule has 1 saturated heterocycles. The molecule has 0 bridgehead atoms. The number of carbonyl (C=O) groups is 1. The predicted molar refractivity (Wildman–Crippen MR) is 60.9 cm³/mol. The van der Waals surface area contributed by atoms with Gasteiger partial charge < -0.3 is 10.6 Å². The van der Waals surface area contributed by atoms with Gasteiger partial charge in [0, 0.05) is 24.9 Å². The third-order valence-electron chi connectivity index (χ3n) is 2.78. The zero-order valence-electron chi connectivity index (χ0n) is 8.82. The highest BCUT2D eigenvalue weighted by atomic mass is 32.1. The molecule has 80 valence electrons. The van der Waals surface area contributed by atoms with E-state index in [0.717, 1.165) is 19.4 Å². The fourth-order valence-corrected chi connectivity index (χ4v) is 1.81. The van der Waals surface area contributed by atoms with Crippen LogP contribution in [0.5, 0.6) is 0 Å². The van der Waals surface area contributed by atoms with Gasteiger partial charge in [-0.15, -0.1) is 0 Å². The maximum absolute atomic E-state index is 11.7. The summed E-state index contributed by atoms with van der Waals surface area (Å²) in [5, 5.41) is 0. The minimum absolute atomic E-state index is 0.124. The lowest BCUT2D eigenvalue weighted by Crippen LogP contribution is -2.44. The Hall–Kier alpha value is -0.640. The van der Waals surface area contributed by atoms with Crippen LogP contribution in [0.3, 0.4) is 0 Å². The number of thiocarbonyl (C=S) groups is 1. The summed E-state index contributed by atoms with van der Waals surface area (Å²) < 4.78 is 0. The van der Waals surface area contributed by atoms with Crippen molar-refractivity contribution >= 4 is 23.1 Å². The number of rotatable bonds is 3. The van der Waals surface area contributed by atoms with Crippen molar-refractivity contribution in [1.82, 2.24) is 4.90 Å². The molecular weight excluding hydrogens is 196 g/mol. The molecule has 0 aromatic heterocycles. The van der Waals surface area contributed by atoms with Gasteiger partial charge in [-0.05, 0) is 12.8 Å². The van der Waals surface area contributed by atoms with E-state index in [0.29, 0.717) is 11.5 Å². The predicted octanol–water partition coefficient (Wildman–Crippen LogP) is 1.17. The van der Waals surface area contributed by atoms with Crippen LogP contribution < -0.4 is 5.73 Å². The van der Waals surface area contributed by atoms with Crippen LogP contribution in [0.2, 0.25) is 0 Å². The molecule has 1 heterocycles. The normalized spacial score (nSPS) is 24.9. The highest BCUT2D eigenvalue weighted by molar-refractivity contribution is 7.80. The molecule has 1 aliphatic rings. The Morgan fingerprint density at radius 3 is 3.00 bits per heavy atom. The lowest BCUT2D eigenvalue weighted by molar-refractivity contribution is -0.138. The monoisotopic (exact) mass is 214 g/mol. The van der Waals surface area contributed by atoms with Crippen LogP contribution in [0.25, 0.3) is 0 Å². The van der Waals surface area contributed by atoms with Gasteiger partial charge in [0.15, 0.2) is 0 Å². The molecule has 0 saturated carbocycles. The molecule has 0 aromatic carbocycles. The smallest absolute Gasteiger partial charge is 0.225 e. The number of hydrogen-bond acceptors (Lipinski definition) is 2. The summed E-state index contributed by atoms with van der Waals surface area (Å²) in [7, 11) is 0. The van der Waals surface area contributed by atoms with Crippen molar-refractivity contribution in [1.29, 1.82) is 0 Å². The molecule has 1 amide bonds. The highest BCUT2D eigenvalue weighted by Crippen LogP contribution is 2.18. The Morgan fingerprint density at radius 2 is 2.43 bits per heavy atom. The van der Waals surface area contributed by atoms with E-state index in [1.54, 1.807) is 0 Å². The summed E-state index contributed by atoms with van der Waals surface area (Å²) >= 11 is 4.89. The van der Waals surface area contributed by atoms with Crippen LogP contribution >= 0.6 is 12.2 Å². The Kier molecular flexibility index (Phi) is 3.86. The molecule has 0 aliphatic carbocycles. The Morgan fingerprint density at radius 1 is 1.79 bits per heavy atom. The summed E-state index contributed by atoms with van der Waals surface area (Å²) in [6, 6.07) is 0. The molecule has 1 aliphatic heterocycles. The Bertz CT molecular complexity index is 242. The third-order valence-corrected chi connectivity index (χ3v) is 3.18. The molecule has 14 heavy (non-hydrogen) atoms. The van der Waals surface area contributed by atoms with Gasteiger partial charge in [0.2, 0.25) is 5.91 Å². The summed E-state index contributed by atoms with van der Waals surface area (Å²) in [5.74, 6) is 0.542. The second kappa shape index (κ2) is 4.73. The number of likely N-dealkylation sites (tertiary alicyclic amines) is 1.